The number of imidazole rings is 1. The van der Waals surface area contributed by atoms with Crippen LogP contribution in [-0.2, 0) is 29.7 Å². The number of esters is 1. The van der Waals surface area contributed by atoms with Crippen molar-refractivity contribution in [3.63, 3.8) is 0 Å². The lowest BCUT2D eigenvalue weighted by Gasteiger charge is -2.26. The summed E-state index contributed by atoms with van der Waals surface area (Å²) in [5.41, 5.74) is 1.90. The molecule has 158 valence electrons. The van der Waals surface area contributed by atoms with Crippen LogP contribution in [0.15, 0.2) is 33.9 Å². The van der Waals surface area contributed by atoms with Crippen LogP contribution in [-0.4, -0.2) is 33.2 Å². The molecule has 0 unspecified atom stereocenters. The molecule has 9 nitrogen and oxygen atoms in total. The quantitative estimate of drug-likeness (QED) is 0.509. The molecule has 0 saturated carbocycles. The van der Waals surface area contributed by atoms with Crippen LogP contribution in [0.25, 0.3) is 11.2 Å². The number of benzene rings is 1. The van der Waals surface area contributed by atoms with Crippen molar-refractivity contribution < 1.29 is 14.1 Å². The first-order valence-corrected chi connectivity index (χ1v) is 10.1. The maximum absolute atomic E-state index is 13.3. The minimum Gasteiger partial charge on any atom is -0.465 e. The van der Waals surface area contributed by atoms with Gasteiger partial charge in [-0.25, -0.2) is 23.8 Å². The first-order chi connectivity index (χ1) is 14.3. The number of H-pyrrole nitrogens is 1. The SMILES string of the molecule is CCOC(=O)Cn1c(=O)c2c([nH]c3[n+]2C[C@H](C)CN3c2cccc(C)c2)n(C)c1=O. The van der Waals surface area contributed by atoms with E-state index in [2.05, 4.69) is 22.9 Å². The molecule has 1 N–H and O–H groups in total. The maximum Gasteiger partial charge on any atom is 0.364 e. The van der Waals surface area contributed by atoms with Gasteiger partial charge in [0.2, 0.25) is 11.2 Å². The zero-order valence-electron chi connectivity index (χ0n) is 17.6. The van der Waals surface area contributed by atoms with E-state index < -0.39 is 23.8 Å². The third-order valence-corrected chi connectivity index (χ3v) is 5.43. The number of nitrogens with zero attached hydrogens (tertiary/aromatic N) is 4. The molecule has 9 heteroatoms. The molecule has 2 aromatic heterocycles. The fourth-order valence-electron chi connectivity index (χ4n) is 4.07. The number of aryl methyl sites for hydroxylation is 2. The van der Waals surface area contributed by atoms with E-state index in [4.69, 9.17) is 4.74 Å². The van der Waals surface area contributed by atoms with E-state index in [0.717, 1.165) is 28.3 Å². The molecule has 0 spiro atoms. The fourth-order valence-corrected chi connectivity index (χ4v) is 4.07. The summed E-state index contributed by atoms with van der Waals surface area (Å²) in [4.78, 5) is 43.4. The van der Waals surface area contributed by atoms with Gasteiger partial charge < -0.3 is 4.74 Å². The van der Waals surface area contributed by atoms with Crippen LogP contribution < -0.4 is 20.7 Å². The lowest BCUT2D eigenvalue weighted by molar-refractivity contribution is -0.669. The maximum atomic E-state index is 13.3. The summed E-state index contributed by atoms with van der Waals surface area (Å²) in [5, 5.41) is 0. The first kappa shape index (κ1) is 19.9. The number of ether oxygens (including phenoxy) is 1. The summed E-state index contributed by atoms with van der Waals surface area (Å²) in [7, 11) is 1.59. The molecule has 1 aliphatic heterocycles. The Hall–Kier alpha value is -3.36. The monoisotopic (exact) mass is 412 g/mol. The van der Waals surface area contributed by atoms with Gasteiger partial charge in [-0.1, -0.05) is 19.1 Å². The van der Waals surface area contributed by atoms with Gasteiger partial charge in [0.05, 0.1) is 19.7 Å². The van der Waals surface area contributed by atoms with Gasteiger partial charge in [0.25, 0.3) is 5.56 Å². The summed E-state index contributed by atoms with van der Waals surface area (Å²) in [6.45, 7) is 7.03. The van der Waals surface area contributed by atoms with E-state index in [1.165, 1.54) is 4.57 Å². The standard InChI is InChI=1S/C21H25N5O4/c1-5-30-16(27)12-26-19(28)17-18(23(4)21(26)29)22-20-24(10-14(3)11-25(17)20)15-8-6-7-13(2)9-15/h6-9,14H,5,10-12H2,1-4H3/p+1/t14-/m1/s1. The Balaban J connectivity index is 1.94. The lowest BCUT2D eigenvalue weighted by Crippen LogP contribution is -2.52. The van der Waals surface area contributed by atoms with Crippen molar-refractivity contribution in [1.82, 2.24) is 14.1 Å². The Bertz CT molecular complexity index is 1250. The Morgan fingerprint density at radius 3 is 2.80 bits per heavy atom. The van der Waals surface area contributed by atoms with Gasteiger partial charge in [0.15, 0.2) is 0 Å². The third kappa shape index (κ3) is 3.20. The van der Waals surface area contributed by atoms with Gasteiger partial charge in [0.1, 0.15) is 12.2 Å². The summed E-state index contributed by atoms with van der Waals surface area (Å²) >= 11 is 0. The van der Waals surface area contributed by atoms with E-state index in [1.54, 1.807) is 14.0 Å². The molecule has 4 rings (SSSR count). The summed E-state index contributed by atoms with van der Waals surface area (Å²) < 4.78 is 9.16. The molecule has 30 heavy (non-hydrogen) atoms. The van der Waals surface area contributed by atoms with E-state index in [0.29, 0.717) is 17.7 Å². The highest BCUT2D eigenvalue weighted by Crippen LogP contribution is 2.28. The second-order valence-electron chi connectivity index (χ2n) is 7.85. The second-order valence-corrected chi connectivity index (χ2v) is 7.85. The van der Waals surface area contributed by atoms with Crippen LogP contribution in [0.5, 0.6) is 0 Å². The van der Waals surface area contributed by atoms with Gasteiger partial charge in [0, 0.05) is 13.0 Å². The number of carbonyl (C=O) groups is 1. The van der Waals surface area contributed by atoms with Gasteiger partial charge in [-0.15, -0.1) is 0 Å². The Morgan fingerprint density at radius 1 is 1.33 bits per heavy atom. The van der Waals surface area contributed by atoms with Crippen molar-refractivity contribution in [2.45, 2.75) is 33.9 Å². The van der Waals surface area contributed by atoms with E-state index >= 15 is 0 Å². The van der Waals surface area contributed by atoms with Crippen molar-refractivity contribution in [2.24, 2.45) is 13.0 Å². The Labute approximate surface area is 173 Å². The van der Waals surface area contributed by atoms with E-state index in [-0.39, 0.29) is 12.5 Å². The lowest BCUT2D eigenvalue weighted by atomic mass is 10.1. The molecular weight excluding hydrogens is 386 g/mol. The van der Waals surface area contributed by atoms with Crippen molar-refractivity contribution in [3.05, 3.63) is 50.7 Å². The highest BCUT2D eigenvalue weighted by atomic mass is 16.5. The van der Waals surface area contributed by atoms with Gasteiger partial charge >= 0.3 is 17.6 Å². The zero-order valence-corrected chi connectivity index (χ0v) is 17.6. The van der Waals surface area contributed by atoms with E-state index in [1.807, 2.05) is 29.7 Å². The minimum absolute atomic E-state index is 0.188. The minimum atomic E-state index is -0.611. The largest absolute Gasteiger partial charge is 0.465 e. The van der Waals surface area contributed by atoms with Gasteiger partial charge in [-0.3, -0.25) is 14.2 Å². The smallest absolute Gasteiger partial charge is 0.364 e. The number of rotatable bonds is 4. The predicted molar refractivity (Wildman–Crippen MR) is 112 cm³/mol. The summed E-state index contributed by atoms with van der Waals surface area (Å²) in [6.07, 6.45) is 0. The zero-order chi connectivity index (χ0) is 21.6. The molecule has 3 heterocycles. The molecule has 0 amide bonds. The third-order valence-electron chi connectivity index (χ3n) is 5.43. The molecule has 0 bridgehead atoms. The summed E-state index contributed by atoms with van der Waals surface area (Å²) in [5.74, 6) is 0.409. The van der Waals surface area contributed by atoms with Crippen molar-refractivity contribution in [2.75, 3.05) is 18.1 Å². The van der Waals surface area contributed by atoms with E-state index in [9.17, 15) is 14.4 Å². The number of aromatic nitrogens is 4. The summed E-state index contributed by atoms with van der Waals surface area (Å²) in [6, 6.07) is 8.15. The number of hydrogen-bond acceptors (Lipinski definition) is 5. The molecule has 3 aromatic rings. The number of anilines is 2. The number of carbonyl (C=O) groups excluding carboxylic acids is 1. The van der Waals surface area contributed by atoms with Gasteiger partial charge in [-0.05, 0) is 31.5 Å². The Kier molecular flexibility index (Phi) is 4.97. The van der Waals surface area contributed by atoms with Gasteiger partial charge in [-0.2, -0.15) is 0 Å². The number of fused-ring (bicyclic) bond motifs is 3. The van der Waals surface area contributed by atoms with Crippen LogP contribution >= 0.6 is 0 Å². The molecule has 0 fully saturated rings. The molecule has 0 aliphatic carbocycles. The molecule has 1 aliphatic rings. The predicted octanol–water partition coefficient (Wildman–Crippen LogP) is 0.975. The second kappa shape index (κ2) is 7.47. The average molecular weight is 412 g/mol. The Morgan fingerprint density at radius 2 is 2.10 bits per heavy atom. The average Bonchev–Trinajstić information content (AvgIpc) is 3.08. The van der Waals surface area contributed by atoms with Crippen LogP contribution in [0, 0.1) is 12.8 Å². The molecule has 1 atom stereocenters. The number of hydrogen-bond donors (Lipinski definition) is 1. The van der Waals surface area contributed by atoms with Crippen LogP contribution in [0.3, 0.4) is 0 Å². The first-order valence-electron chi connectivity index (χ1n) is 10.1. The topological polar surface area (TPSA) is 93.2 Å². The molecule has 0 saturated heterocycles. The molecule has 0 radical (unpaired) electrons. The van der Waals surface area contributed by atoms with Crippen molar-refractivity contribution in [1.29, 1.82) is 0 Å². The molecule has 1 aromatic carbocycles. The normalized spacial score (nSPS) is 16.0. The van der Waals surface area contributed by atoms with Crippen molar-refractivity contribution in [3.8, 4) is 0 Å². The van der Waals surface area contributed by atoms with Crippen LogP contribution in [0.4, 0.5) is 11.6 Å². The fraction of sp³-hybridized carbons (Fsp3) is 0.429. The van der Waals surface area contributed by atoms with Crippen LogP contribution in [0.1, 0.15) is 19.4 Å². The molecular formula is C21H26N5O4+. The highest BCUT2D eigenvalue weighted by molar-refractivity contribution is 5.72. The highest BCUT2D eigenvalue weighted by Gasteiger charge is 2.36. The number of aromatic amines is 1. The van der Waals surface area contributed by atoms with Crippen molar-refractivity contribution >= 4 is 28.8 Å². The van der Waals surface area contributed by atoms with Crippen LogP contribution in [0.2, 0.25) is 0 Å². The number of nitrogens with one attached hydrogen (secondary N) is 1.